The molecular weight excluding hydrogens is 598 g/mol. The van der Waals surface area contributed by atoms with Crippen molar-refractivity contribution >= 4 is 49.4 Å². The Morgan fingerprint density at radius 3 is 2.26 bits per heavy atom. The van der Waals surface area contributed by atoms with E-state index in [-0.39, 0.29) is 28.3 Å². The van der Waals surface area contributed by atoms with Crippen molar-refractivity contribution in [3.63, 3.8) is 0 Å². The minimum atomic E-state index is -4.20. The monoisotopic (exact) mass is 631 g/mol. The largest absolute Gasteiger partial charge is 0.496 e. The number of ether oxygens (including phenoxy) is 4. The molecule has 1 aliphatic rings. The van der Waals surface area contributed by atoms with Gasteiger partial charge in [0.2, 0.25) is 0 Å². The number of amides is 1. The molecule has 15 heteroatoms. The zero-order chi connectivity index (χ0) is 30.9. The minimum Gasteiger partial charge on any atom is -0.496 e. The van der Waals surface area contributed by atoms with Crippen molar-refractivity contribution in [2.45, 2.75) is 31.3 Å². The summed E-state index contributed by atoms with van der Waals surface area (Å²) in [6.45, 7) is 7.85. The number of methoxy groups -OCH3 is 3. The molecule has 1 aliphatic heterocycles. The highest BCUT2D eigenvalue weighted by atomic mass is 32.2. The Bertz CT molecular complexity index is 1720. The molecular formula is C28H33N5O8S2. The lowest BCUT2D eigenvalue weighted by molar-refractivity contribution is 0.0240. The van der Waals surface area contributed by atoms with Crippen molar-refractivity contribution in [3.8, 4) is 28.5 Å². The fourth-order valence-electron chi connectivity index (χ4n) is 4.62. The molecule has 4 aromatic rings. The number of thiazole rings is 1. The molecule has 0 bridgehead atoms. The Hall–Kier alpha value is -4.24. The summed E-state index contributed by atoms with van der Waals surface area (Å²) in [5.74, 6) is 0.520. The second-order valence-electron chi connectivity index (χ2n) is 10.6. The molecule has 0 unspecified atom stereocenters. The van der Waals surface area contributed by atoms with Gasteiger partial charge < -0.3 is 33.3 Å². The highest BCUT2D eigenvalue weighted by molar-refractivity contribution is 7.93. The van der Waals surface area contributed by atoms with E-state index in [1.807, 2.05) is 26.2 Å². The van der Waals surface area contributed by atoms with E-state index in [1.165, 1.54) is 44.8 Å². The lowest BCUT2D eigenvalue weighted by atomic mass is 10.1. The molecule has 1 amide bonds. The number of fused-ring (bicyclic) bond motifs is 1. The summed E-state index contributed by atoms with van der Waals surface area (Å²) in [7, 11) is 0.0196. The zero-order valence-corrected chi connectivity index (χ0v) is 26.3. The lowest BCUT2D eigenvalue weighted by Gasteiger charge is -2.35. The van der Waals surface area contributed by atoms with Crippen LogP contribution in [0.1, 0.15) is 20.8 Å². The standard InChI is InChI=1S/C28H33N5O8S2/c1-28(2,3)40-27(34)33-12-10-32(11-13-33)26-29-18(16-42-26)17-14-21(39-6)23-22(15-17)41-30-25(23)31-43(35,36)24-19(37-4)8-7-9-20(24)38-5/h7-9,14-16H,10-13H2,1-6H3,(H,30,31). The maximum Gasteiger partial charge on any atom is 0.410 e. The summed E-state index contributed by atoms with van der Waals surface area (Å²) in [5, 5.41) is 7.07. The molecule has 1 saturated heterocycles. The van der Waals surface area contributed by atoms with Crippen molar-refractivity contribution in [1.29, 1.82) is 0 Å². The molecule has 2 aromatic heterocycles. The van der Waals surface area contributed by atoms with E-state index in [0.29, 0.717) is 54.2 Å². The Kier molecular flexibility index (Phi) is 8.29. The Morgan fingerprint density at radius 1 is 1.00 bits per heavy atom. The average molecular weight is 632 g/mol. The SMILES string of the molecule is COc1cccc(OC)c1S(=O)(=O)Nc1noc2cc(-c3csc(N4CCN(C(=O)OC(C)(C)C)CC4)n3)cc(OC)c12. The predicted octanol–water partition coefficient (Wildman–Crippen LogP) is 4.84. The van der Waals surface area contributed by atoms with Gasteiger partial charge >= 0.3 is 6.09 Å². The number of hydrogen-bond donors (Lipinski definition) is 1. The van der Waals surface area contributed by atoms with Gasteiger partial charge in [-0.2, -0.15) is 0 Å². The van der Waals surface area contributed by atoms with Gasteiger partial charge in [0.15, 0.2) is 21.4 Å². The number of carbonyl (C=O) groups is 1. The molecule has 0 radical (unpaired) electrons. The molecule has 0 atom stereocenters. The minimum absolute atomic E-state index is 0.0480. The normalized spacial score (nSPS) is 14.1. The van der Waals surface area contributed by atoms with Gasteiger partial charge in [-0.05, 0) is 45.0 Å². The highest BCUT2D eigenvalue weighted by Crippen LogP contribution is 2.40. The van der Waals surface area contributed by atoms with Crippen LogP contribution in [0.25, 0.3) is 22.2 Å². The second-order valence-corrected chi connectivity index (χ2v) is 13.1. The Labute approximate surface area is 253 Å². The number of nitrogens with one attached hydrogen (secondary N) is 1. The number of aromatic nitrogens is 2. The summed E-state index contributed by atoms with van der Waals surface area (Å²) in [6.07, 6.45) is -0.317. The van der Waals surface area contributed by atoms with Crippen LogP contribution in [-0.4, -0.2) is 82.7 Å². The fraction of sp³-hybridized carbons (Fsp3) is 0.393. The van der Waals surface area contributed by atoms with Crippen LogP contribution in [0.3, 0.4) is 0 Å². The molecule has 1 N–H and O–H groups in total. The van der Waals surface area contributed by atoms with Gasteiger partial charge in [-0.3, -0.25) is 4.72 Å². The van der Waals surface area contributed by atoms with E-state index in [4.69, 9.17) is 28.5 Å². The third-order valence-electron chi connectivity index (χ3n) is 6.63. The maximum absolute atomic E-state index is 13.4. The molecule has 2 aromatic carbocycles. The summed E-state index contributed by atoms with van der Waals surface area (Å²) in [4.78, 5) is 20.9. The van der Waals surface area contributed by atoms with Gasteiger partial charge in [0.1, 0.15) is 28.2 Å². The summed E-state index contributed by atoms with van der Waals surface area (Å²) >= 11 is 1.48. The highest BCUT2D eigenvalue weighted by Gasteiger charge is 2.29. The smallest absolute Gasteiger partial charge is 0.410 e. The molecule has 0 saturated carbocycles. The number of carbonyl (C=O) groups excluding carboxylic acids is 1. The second kappa shape index (κ2) is 11.8. The third-order valence-corrected chi connectivity index (χ3v) is 8.93. The van der Waals surface area contributed by atoms with Gasteiger partial charge in [0, 0.05) is 37.1 Å². The molecule has 3 heterocycles. The Morgan fingerprint density at radius 2 is 1.65 bits per heavy atom. The first kappa shape index (κ1) is 30.2. The van der Waals surface area contributed by atoms with Gasteiger partial charge in [-0.15, -0.1) is 11.3 Å². The number of anilines is 2. The molecule has 43 heavy (non-hydrogen) atoms. The number of nitrogens with zero attached hydrogens (tertiary/aromatic N) is 4. The van der Waals surface area contributed by atoms with Crippen LogP contribution in [0.5, 0.6) is 17.2 Å². The van der Waals surface area contributed by atoms with Crippen molar-refractivity contribution in [2.24, 2.45) is 0 Å². The van der Waals surface area contributed by atoms with Crippen molar-refractivity contribution < 1.29 is 36.7 Å². The Balaban J connectivity index is 1.37. The van der Waals surface area contributed by atoms with E-state index >= 15 is 0 Å². The summed E-state index contributed by atoms with van der Waals surface area (Å²) in [5.41, 5.74) is 1.15. The van der Waals surface area contributed by atoms with Crippen LogP contribution >= 0.6 is 11.3 Å². The molecule has 0 aliphatic carbocycles. The first-order valence-electron chi connectivity index (χ1n) is 13.3. The van der Waals surface area contributed by atoms with Crippen LogP contribution in [0.2, 0.25) is 0 Å². The van der Waals surface area contributed by atoms with Gasteiger partial charge in [-0.1, -0.05) is 11.2 Å². The molecule has 1 fully saturated rings. The van der Waals surface area contributed by atoms with E-state index in [0.717, 1.165) is 5.13 Å². The molecule has 230 valence electrons. The number of rotatable bonds is 8. The van der Waals surface area contributed by atoms with Crippen molar-refractivity contribution in [2.75, 3.05) is 57.1 Å². The van der Waals surface area contributed by atoms with E-state index in [9.17, 15) is 13.2 Å². The van der Waals surface area contributed by atoms with Gasteiger partial charge in [0.05, 0.1) is 27.0 Å². The van der Waals surface area contributed by atoms with E-state index < -0.39 is 15.6 Å². The maximum atomic E-state index is 13.4. The van der Waals surface area contributed by atoms with E-state index in [1.54, 1.807) is 23.1 Å². The van der Waals surface area contributed by atoms with Crippen molar-refractivity contribution in [1.82, 2.24) is 15.0 Å². The third kappa shape index (κ3) is 6.27. The van der Waals surface area contributed by atoms with Crippen LogP contribution in [0, 0.1) is 0 Å². The predicted molar refractivity (Wildman–Crippen MR) is 162 cm³/mol. The summed E-state index contributed by atoms with van der Waals surface area (Å²) < 4.78 is 56.5. The summed E-state index contributed by atoms with van der Waals surface area (Å²) in [6, 6.07) is 8.15. The zero-order valence-electron chi connectivity index (χ0n) is 24.7. The van der Waals surface area contributed by atoms with Crippen LogP contribution in [0.4, 0.5) is 15.7 Å². The molecule has 5 rings (SSSR count). The molecule has 0 spiro atoms. The number of hydrogen-bond acceptors (Lipinski definition) is 12. The fourth-order valence-corrected chi connectivity index (χ4v) is 6.84. The first-order chi connectivity index (χ1) is 20.4. The van der Waals surface area contributed by atoms with Crippen LogP contribution < -0.4 is 23.8 Å². The van der Waals surface area contributed by atoms with Crippen LogP contribution in [-0.2, 0) is 14.8 Å². The quantitative estimate of drug-likeness (QED) is 0.285. The lowest BCUT2D eigenvalue weighted by Crippen LogP contribution is -2.50. The first-order valence-corrected chi connectivity index (χ1v) is 15.7. The number of benzene rings is 2. The van der Waals surface area contributed by atoms with Crippen molar-refractivity contribution in [3.05, 3.63) is 35.7 Å². The van der Waals surface area contributed by atoms with Gasteiger partial charge in [-0.25, -0.2) is 18.2 Å². The average Bonchev–Trinajstić information content (AvgIpc) is 3.63. The topological polar surface area (TPSA) is 146 Å². The van der Waals surface area contributed by atoms with Gasteiger partial charge in [0.25, 0.3) is 10.0 Å². The molecule has 13 nitrogen and oxygen atoms in total. The van der Waals surface area contributed by atoms with Crippen LogP contribution in [0.15, 0.2) is 45.1 Å². The van der Waals surface area contributed by atoms with E-state index in [2.05, 4.69) is 14.8 Å². The number of sulfonamides is 1. The number of piperazine rings is 1.